The molecule has 4 aromatic rings. The topological polar surface area (TPSA) is 84.0 Å². The number of piperazine rings is 1. The molecule has 1 saturated heterocycles. The van der Waals surface area contributed by atoms with E-state index in [0.717, 1.165) is 10.5 Å². The molecule has 2 amide bonds. The molecule has 0 bridgehead atoms. The predicted octanol–water partition coefficient (Wildman–Crippen LogP) is 4.99. The van der Waals surface area contributed by atoms with E-state index >= 15 is 0 Å². The highest BCUT2D eigenvalue weighted by molar-refractivity contribution is 7.13. The van der Waals surface area contributed by atoms with Crippen molar-refractivity contribution in [2.75, 3.05) is 18.0 Å². The molecule has 0 saturated carbocycles. The van der Waals surface area contributed by atoms with E-state index in [-0.39, 0.29) is 35.4 Å². The van der Waals surface area contributed by atoms with Gasteiger partial charge in [0.05, 0.1) is 18.1 Å². The number of anilines is 1. The molecule has 0 aromatic carbocycles. The van der Waals surface area contributed by atoms with Gasteiger partial charge in [-0.25, -0.2) is 9.97 Å². The van der Waals surface area contributed by atoms with Crippen molar-refractivity contribution in [2.45, 2.75) is 25.6 Å². The zero-order valence-electron chi connectivity index (χ0n) is 18.3. The Balaban J connectivity index is 1.58. The highest BCUT2D eigenvalue weighted by atomic mass is 35.5. The number of aromatic nitrogens is 3. The first kappa shape index (κ1) is 23.4. The number of alkyl halides is 3. The van der Waals surface area contributed by atoms with Gasteiger partial charge in [-0.1, -0.05) is 11.6 Å². The minimum Gasteiger partial charge on any atom is -0.472 e. The molecule has 0 N–H and O–H groups in total. The van der Waals surface area contributed by atoms with Crippen LogP contribution >= 0.6 is 22.9 Å². The monoisotopic (exact) mass is 523 g/mol. The van der Waals surface area contributed by atoms with Gasteiger partial charge in [0.25, 0.3) is 11.8 Å². The maximum Gasteiger partial charge on any atom is 0.420 e. The van der Waals surface area contributed by atoms with Crippen LogP contribution < -0.4 is 4.90 Å². The Morgan fingerprint density at radius 1 is 1.26 bits per heavy atom. The van der Waals surface area contributed by atoms with Crippen LogP contribution in [-0.2, 0) is 11.0 Å². The lowest BCUT2D eigenvalue weighted by atomic mass is 9.97. The van der Waals surface area contributed by atoms with Gasteiger partial charge >= 0.3 is 6.18 Å². The molecule has 0 unspecified atom stereocenters. The predicted molar refractivity (Wildman–Crippen MR) is 122 cm³/mol. The van der Waals surface area contributed by atoms with Crippen LogP contribution in [0.1, 0.15) is 29.9 Å². The molecule has 182 valence electrons. The number of rotatable bonds is 3. The van der Waals surface area contributed by atoms with E-state index in [2.05, 4.69) is 9.97 Å². The second-order valence-corrected chi connectivity index (χ2v) is 9.62. The molecule has 0 atom stereocenters. The summed E-state index contributed by atoms with van der Waals surface area (Å²) in [5.74, 6) is -1.11. The molecular formula is C22H17ClF3N5O3S. The molecule has 0 aliphatic carbocycles. The Kier molecular flexibility index (Phi) is 5.40. The molecule has 8 nitrogen and oxygen atoms in total. The Morgan fingerprint density at radius 2 is 2.03 bits per heavy atom. The number of fused-ring (bicyclic) bond motifs is 1. The summed E-state index contributed by atoms with van der Waals surface area (Å²) < 4.78 is 47.8. The fourth-order valence-electron chi connectivity index (χ4n) is 4.09. The van der Waals surface area contributed by atoms with Gasteiger partial charge in [0.2, 0.25) is 0 Å². The number of pyridine rings is 1. The summed E-state index contributed by atoms with van der Waals surface area (Å²) in [4.78, 5) is 37.6. The lowest BCUT2D eigenvalue weighted by Crippen LogP contribution is -2.64. The first-order valence-electron chi connectivity index (χ1n) is 10.3. The fraction of sp³-hybridized carbons (Fsp3) is 0.273. The normalized spacial score (nSPS) is 16.3. The van der Waals surface area contributed by atoms with Crippen LogP contribution in [0.5, 0.6) is 0 Å². The average Bonchev–Trinajstić information content (AvgIpc) is 3.56. The molecular weight excluding hydrogens is 507 g/mol. The highest BCUT2D eigenvalue weighted by Crippen LogP contribution is 2.38. The van der Waals surface area contributed by atoms with Crippen molar-refractivity contribution in [2.24, 2.45) is 0 Å². The summed E-state index contributed by atoms with van der Waals surface area (Å²) >= 11 is 7.71. The van der Waals surface area contributed by atoms with E-state index < -0.39 is 28.8 Å². The van der Waals surface area contributed by atoms with Crippen LogP contribution in [0, 0.1) is 0 Å². The van der Waals surface area contributed by atoms with Crippen molar-refractivity contribution in [3.63, 3.8) is 0 Å². The molecule has 35 heavy (non-hydrogen) atoms. The smallest absolute Gasteiger partial charge is 0.420 e. The van der Waals surface area contributed by atoms with E-state index in [9.17, 15) is 22.8 Å². The number of nitrogens with zero attached hydrogens (tertiary/aromatic N) is 5. The van der Waals surface area contributed by atoms with Crippen LogP contribution in [0.25, 0.3) is 16.8 Å². The summed E-state index contributed by atoms with van der Waals surface area (Å²) in [6, 6.07) is 2.44. The third-order valence-electron chi connectivity index (χ3n) is 5.91. The summed E-state index contributed by atoms with van der Waals surface area (Å²) in [6.07, 6.45) is 0.809. The molecule has 1 fully saturated rings. The van der Waals surface area contributed by atoms with Crippen molar-refractivity contribution in [1.82, 2.24) is 19.3 Å². The summed E-state index contributed by atoms with van der Waals surface area (Å²) in [5, 5.41) is 1.95. The molecule has 5 heterocycles. The Morgan fingerprint density at radius 3 is 2.66 bits per heavy atom. The van der Waals surface area contributed by atoms with Gasteiger partial charge in [0, 0.05) is 42.0 Å². The van der Waals surface area contributed by atoms with Gasteiger partial charge in [-0.15, -0.1) is 11.3 Å². The van der Waals surface area contributed by atoms with Crippen LogP contribution in [0.3, 0.4) is 0 Å². The SMILES string of the molecule is CC1(C)C(=O)N(c2nccs2)CCN1C(=O)c1nc2c(C(F)(F)F)cc(-c3ccoc3)cn2c1Cl. The molecule has 5 rings (SSSR count). The highest BCUT2D eigenvalue weighted by Gasteiger charge is 2.47. The van der Waals surface area contributed by atoms with Gasteiger partial charge < -0.3 is 9.32 Å². The molecule has 4 aromatic heterocycles. The quantitative estimate of drug-likeness (QED) is 0.378. The summed E-state index contributed by atoms with van der Waals surface area (Å²) in [5.41, 5.74) is -2.66. The maximum absolute atomic E-state index is 13.9. The third kappa shape index (κ3) is 3.76. The van der Waals surface area contributed by atoms with Gasteiger partial charge in [-0.2, -0.15) is 13.2 Å². The number of carbonyl (C=O) groups excluding carboxylic acids is 2. The zero-order chi connectivity index (χ0) is 25.1. The van der Waals surface area contributed by atoms with E-state index in [0.29, 0.717) is 10.7 Å². The third-order valence-corrected chi connectivity index (χ3v) is 7.07. The van der Waals surface area contributed by atoms with Crippen molar-refractivity contribution in [1.29, 1.82) is 0 Å². The van der Waals surface area contributed by atoms with Crippen molar-refractivity contribution < 1.29 is 27.2 Å². The summed E-state index contributed by atoms with van der Waals surface area (Å²) in [7, 11) is 0. The largest absolute Gasteiger partial charge is 0.472 e. The van der Waals surface area contributed by atoms with Gasteiger partial charge in [-0.3, -0.25) is 18.9 Å². The number of amides is 2. The van der Waals surface area contributed by atoms with E-state index in [1.165, 1.54) is 45.9 Å². The van der Waals surface area contributed by atoms with Crippen molar-refractivity contribution >= 4 is 45.5 Å². The number of furan rings is 1. The van der Waals surface area contributed by atoms with Crippen LogP contribution in [-0.4, -0.2) is 49.7 Å². The number of thiazole rings is 1. The van der Waals surface area contributed by atoms with E-state index in [4.69, 9.17) is 16.0 Å². The maximum atomic E-state index is 13.9. The average molecular weight is 524 g/mol. The summed E-state index contributed by atoms with van der Waals surface area (Å²) in [6.45, 7) is 3.42. The van der Waals surface area contributed by atoms with Crippen LogP contribution in [0.4, 0.5) is 18.3 Å². The molecule has 1 aliphatic heterocycles. The second kappa shape index (κ2) is 8.09. The molecule has 0 spiro atoms. The van der Waals surface area contributed by atoms with E-state index in [1.807, 2.05) is 0 Å². The lowest BCUT2D eigenvalue weighted by molar-refractivity contribution is -0.136. The van der Waals surface area contributed by atoms with Gasteiger partial charge in [0.1, 0.15) is 10.7 Å². The molecule has 0 radical (unpaired) electrons. The minimum atomic E-state index is -4.76. The van der Waals surface area contributed by atoms with Crippen LogP contribution in [0.2, 0.25) is 5.15 Å². The Hall–Kier alpha value is -3.38. The number of imidazole rings is 1. The number of hydrogen-bond donors (Lipinski definition) is 0. The minimum absolute atomic E-state index is 0.119. The van der Waals surface area contributed by atoms with Gasteiger partial charge in [-0.05, 0) is 26.0 Å². The lowest BCUT2D eigenvalue weighted by Gasteiger charge is -2.44. The first-order chi connectivity index (χ1) is 16.5. The Labute approximate surface area is 205 Å². The van der Waals surface area contributed by atoms with Crippen LogP contribution in [0.15, 0.2) is 46.8 Å². The molecule has 1 aliphatic rings. The second-order valence-electron chi connectivity index (χ2n) is 8.38. The fourth-order valence-corrected chi connectivity index (χ4v) is 5.01. The van der Waals surface area contributed by atoms with E-state index in [1.54, 1.807) is 25.4 Å². The number of halogens is 4. The Bertz CT molecular complexity index is 1430. The van der Waals surface area contributed by atoms with Crippen molar-refractivity contribution in [3.8, 4) is 11.1 Å². The van der Waals surface area contributed by atoms with Gasteiger partial charge in [0.15, 0.2) is 16.5 Å². The molecule has 13 heteroatoms. The standard InChI is InChI=1S/C22H17ClF3N5O3S/c1-21(2)19(33)29(20-27-4-8-35-20)5-6-31(21)18(32)15-16(23)30-10-13(12-3-7-34-11-12)9-14(17(30)28-15)22(24,25)26/h3-4,7-11H,5-6H2,1-2H3. The zero-order valence-corrected chi connectivity index (χ0v) is 19.9. The van der Waals surface area contributed by atoms with Crippen molar-refractivity contribution in [3.05, 3.63) is 58.8 Å². The first-order valence-corrected chi connectivity index (χ1v) is 11.6. The number of carbonyl (C=O) groups is 2. The number of hydrogen-bond acceptors (Lipinski definition) is 6.